The Hall–Kier alpha value is -0.310. The summed E-state index contributed by atoms with van der Waals surface area (Å²) in [6.07, 6.45) is 0. The molecule has 0 aromatic heterocycles. The van der Waals surface area contributed by atoms with Crippen molar-refractivity contribution in [2.45, 2.75) is 13.5 Å². The third-order valence-electron chi connectivity index (χ3n) is 1.84. The smallest absolute Gasteiger partial charge is 0.0453 e. The lowest BCUT2D eigenvalue weighted by molar-refractivity contribution is 0.757. The Morgan fingerprint density at radius 1 is 1.57 bits per heavy atom. The van der Waals surface area contributed by atoms with Crippen LogP contribution in [0.1, 0.15) is 11.1 Å². The first-order valence-corrected chi connectivity index (χ1v) is 5.55. The Balaban J connectivity index is 2.55. The maximum Gasteiger partial charge on any atom is 0.0453 e. The van der Waals surface area contributed by atoms with Crippen molar-refractivity contribution in [3.05, 3.63) is 45.4 Å². The molecule has 0 aliphatic rings. The molecule has 0 unspecified atom stereocenters. The van der Waals surface area contributed by atoms with Gasteiger partial charge in [-0.15, -0.1) is 0 Å². The third kappa shape index (κ3) is 3.82. The summed E-state index contributed by atoms with van der Waals surface area (Å²) in [6.45, 7) is 7.30. The molecular formula is C11H13BrClN. The summed E-state index contributed by atoms with van der Waals surface area (Å²) >= 11 is 9.36. The van der Waals surface area contributed by atoms with Crippen LogP contribution in [0.2, 0.25) is 5.02 Å². The van der Waals surface area contributed by atoms with E-state index in [0.29, 0.717) is 0 Å². The fourth-order valence-corrected chi connectivity index (χ4v) is 1.63. The highest BCUT2D eigenvalue weighted by molar-refractivity contribution is 9.11. The molecule has 0 heterocycles. The van der Waals surface area contributed by atoms with Gasteiger partial charge in [0.2, 0.25) is 0 Å². The molecule has 1 N–H and O–H groups in total. The molecule has 1 nitrogen and oxygen atoms in total. The first-order valence-electron chi connectivity index (χ1n) is 4.38. The van der Waals surface area contributed by atoms with E-state index in [2.05, 4.69) is 33.9 Å². The largest absolute Gasteiger partial charge is 0.308 e. The second-order valence-corrected chi connectivity index (χ2v) is 4.74. The van der Waals surface area contributed by atoms with Crippen LogP contribution in [-0.2, 0) is 6.54 Å². The van der Waals surface area contributed by atoms with Crippen LogP contribution in [0.15, 0.2) is 29.3 Å². The molecule has 0 aliphatic heterocycles. The van der Waals surface area contributed by atoms with E-state index in [9.17, 15) is 0 Å². The number of halogens is 2. The second kappa shape index (κ2) is 5.54. The molecule has 0 fully saturated rings. The molecule has 14 heavy (non-hydrogen) atoms. The maximum atomic E-state index is 6.07. The topological polar surface area (TPSA) is 12.0 Å². The molecule has 0 saturated heterocycles. The normalized spacial score (nSPS) is 10.2. The van der Waals surface area contributed by atoms with Gasteiger partial charge in [-0.1, -0.05) is 46.2 Å². The lowest BCUT2D eigenvalue weighted by Gasteiger charge is -2.06. The van der Waals surface area contributed by atoms with Crippen molar-refractivity contribution < 1.29 is 0 Å². The molecule has 0 atom stereocenters. The molecule has 0 saturated carbocycles. The summed E-state index contributed by atoms with van der Waals surface area (Å²) < 4.78 is 0.945. The summed E-state index contributed by atoms with van der Waals surface area (Å²) in [5.41, 5.74) is 2.30. The molecule has 0 aliphatic carbocycles. The zero-order valence-electron chi connectivity index (χ0n) is 8.11. The minimum Gasteiger partial charge on any atom is -0.308 e. The van der Waals surface area contributed by atoms with E-state index in [1.54, 1.807) is 0 Å². The van der Waals surface area contributed by atoms with Gasteiger partial charge >= 0.3 is 0 Å². The monoisotopic (exact) mass is 273 g/mol. The van der Waals surface area contributed by atoms with Gasteiger partial charge in [0.05, 0.1) is 0 Å². The molecule has 0 radical (unpaired) electrons. The quantitative estimate of drug-likeness (QED) is 0.884. The van der Waals surface area contributed by atoms with Crippen LogP contribution >= 0.6 is 27.5 Å². The Labute approximate surface area is 98.3 Å². The second-order valence-electron chi connectivity index (χ2n) is 3.22. The highest BCUT2D eigenvalue weighted by Gasteiger charge is 1.99. The fraction of sp³-hybridized carbons (Fsp3) is 0.273. The van der Waals surface area contributed by atoms with Crippen molar-refractivity contribution in [3.8, 4) is 0 Å². The molecule has 0 bridgehead atoms. The number of aryl methyl sites for hydroxylation is 1. The van der Waals surface area contributed by atoms with Gasteiger partial charge in [0.15, 0.2) is 0 Å². The number of nitrogens with one attached hydrogen (secondary N) is 1. The average Bonchev–Trinajstić information content (AvgIpc) is 2.08. The third-order valence-corrected chi connectivity index (χ3v) is 2.47. The van der Waals surface area contributed by atoms with Crippen molar-refractivity contribution >= 4 is 27.5 Å². The highest BCUT2D eigenvalue weighted by atomic mass is 79.9. The molecule has 0 spiro atoms. The molecule has 1 aromatic carbocycles. The van der Waals surface area contributed by atoms with Crippen LogP contribution in [0.4, 0.5) is 0 Å². The molecule has 76 valence electrons. The van der Waals surface area contributed by atoms with Crippen molar-refractivity contribution in [2.75, 3.05) is 6.54 Å². The van der Waals surface area contributed by atoms with E-state index >= 15 is 0 Å². The fourth-order valence-electron chi connectivity index (χ4n) is 1.13. The lowest BCUT2D eigenvalue weighted by Crippen LogP contribution is -2.14. The predicted octanol–water partition coefficient (Wildman–Crippen LogP) is 3.65. The van der Waals surface area contributed by atoms with Gasteiger partial charge in [0.1, 0.15) is 0 Å². The Morgan fingerprint density at radius 3 is 2.86 bits per heavy atom. The number of rotatable bonds is 4. The standard InChI is InChI=1S/C11H13BrClN/c1-8-3-4-10(11(13)5-8)7-14-6-9(2)12/h3-5,14H,2,6-7H2,1H3. The zero-order valence-corrected chi connectivity index (χ0v) is 10.5. The highest BCUT2D eigenvalue weighted by Crippen LogP contribution is 2.17. The zero-order chi connectivity index (χ0) is 10.6. The summed E-state index contributed by atoms with van der Waals surface area (Å²) in [4.78, 5) is 0. The molecular weight excluding hydrogens is 261 g/mol. The SMILES string of the molecule is C=C(Br)CNCc1ccc(C)cc1Cl. The Kier molecular flexibility index (Phi) is 4.66. The van der Waals surface area contributed by atoms with Gasteiger partial charge in [0, 0.05) is 22.6 Å². The van der Waals surface area contributed by atoms with Gasteiger partial charge in [-0.05, 0) is 24.1 Å². The van der Waals surface area contributed by atoms with E-state index in [1.165, 1.54) is 5.56 Å². The first kappa shape index (κ1) is 11.8. The van der Waals surface area contributed by atoms with Gasteiger partial charge in [-0.3, -0.25) is 0 Å². The van der Waals surface area contributed by atoms with Crippen LogP contribution in [0.5, 0.6) is 0 Å². The maximum absolute atomic E-state index is 6.07. The van der Waals surface area contributed by atoms with E-state index in [-0.39, 0.29) is 0 Å². The van der Waals surface area contributed by atoms with Crippen molar-refractivity contribution in [1.29, 1.82) is 0 Å². The van der Waals surface area contributed by atoms with Crippen LogP contribution in [0.3, 0.4) is 0 Å². The van der Waals surface area contributed by atoms with Crippen LogP contribution in [-0.4, -0.2) is 6.54 Å². The lowest BCUT2D eigenvalue weighted by atomic mass is 10.1. The number of hydrogen-bond donors (Lipinski definition) is 1. The summed E-state index contributed by atoms with van der Waals surface area (Å²) in [5, 5.41) is 4.05. The van der Waals surface area contributed by atoms with Gasteiger partial charge < -0.3 is 5.32 Å². The van der Waals surface area contributed by atoms with Crippen molar-refractivity contribution in [1.82, 2.24) is 5.32 Å². The number of hydrogen-bond acceptors (Lipinski definition) is 1. The minimum absolute atomic E-state index is 0.754. The van der Waals surface area contributed by atoms with Gasteiger partial charge in [-0.25, -0.2) is 0 Å². The minimum atomic E-state index is 0.754. The van der Waals surface area contributed by atoms with E-state index < -0.39 is 0 Å². The van der Waals surface area contributed by atoms with Crippen LogP contribution in [0.25, 0.3) is 0 Å². The van der Waals surface area contributed by atoms with E-state index in [4.69, 9.17) is 11.6 Å². The molecule has 1 aromatic rings. The molecule has 0 amide bonds. The summed E-state index contributed by atoms with van der Waals surface area (Å²) in [5.74, 6) is 0. The molecule has 3 heteroatoms. The van der Waals surface area contributed by atoms with Crippen molar-refractivity contribution in [3.63, 3.8) is 0 Å². The van der Waals surface area contributed by atoms with Crippen LogP contribution < -0.4 is 5.32 Å². The van der Waals surface area contributed by atoms with E-state index in [0.717, 1.165) is 28.2 Å². The summed E-state index contributed by atoms with van der Waals surface area (Å²) in [6, 6.07) is 6.08. The van der Waals surface area contributed by atoms with Crippen LogP contribution in [0, 0.1) is 6.92 Å². The summed E-state index contributed by atoms with van der Waals surface area (Å²) in [7, 11) is 0. The molecule has 1 rings (SSSR count). The van der Waals surface area contributed by atoms with Crippen molar-refractivity contribution in [2.24, 2.45) is 0 Å². The Bertz CT molecular complexity index is 336. The first-order chi connectivity index (χ1) is 6.59. The average molecular weight is 275 g/mol. The van der Waals surface area contributed by atoms with Gasteiger partial charge in [-0.2, -0.15) is 0 Å². The predicted molar refractivity (Wildman–Crippen MR) is 66.0 cm³/mol. The van der Waals surface area contributed by atoms with Gasteiger partial charge in [0.25, 0.3) is 0 Å². The Morgan fingerprint density at radius 2 is 2.29 bits per heavy atom. The van der Waals surface area contributed by atoms with E-state index in [1.807, 2.05) is 19.1 Å². The number of benzene rings is 1.